The molecule has 0 spiro atoms. The van der Waals surface area contributed by atoms with Gasteiger partial charge in [0, 0.05) is 11.1 Å². The second-order valence-electron chi connectivity index (χ2n) is 5.70. The van der Waals surface area contributed by atoms with Gasteiger partial charge in [-0.05, 0) is 55.7 Å². The molecule has 0 unspecified atom stereocenters. The first-order chi connectivity index (χ1) is 12.1. The maximum absolute atomic E-state index is 12.5. The molecule has 0 heterocycles. The minimum Gasteiger partial charge on any atom is -0.478 e. The molecule has 0 radical (unpaired) electrons. The molecular formula is C19H18N2O4. The number of hydrogen-bond acceptors (Lipinski definition) is 4. The molecule has 0 aliphatic heterocycles. The van der Waals surface area contributed by atoms with Crippen molar-refractivity contribution in [1.82, 2.24) is 0 Å². The first-order valence-electron chi connectivity index (χ1n) is 7.93. The summed E-state index contributed by atoms with van der Waals surface area (Å²) in [4.78, 5) is 23.7. The van der Waals surface area contributed by atoms with Crippen LogP contribution >= 0.6 is 0 Å². The zero-order valence-corrected chi connectivity index (χ0v) is 13.5. The van der Waals surface area contributed by atoms with Crippen molar-refractivity contribution < 1.29 is 19.4 Å². The molecule has 1 amide bonds. The first-order valence-corrected chi connectivity index (χ1v) is 7.93. The number of para-hydroxylation sites is 1. The molecule has 1 aliphatic carbocycles. The standard InChI is InChI=1S/C19H18N2O4/c20-21(18(22)16-7-4-8-17(16)19(23)24)13-9-11-15(12-10-13)25-14-5-2-1-3-6-14/h1-3,5-6,9-12H,4,7-8,20H2,(H,23,24). The number of carboxylic acid groups (broad SMARTS) is 1. The Hall–Kier alpha value is -3.12. The Labute approximate surface area is 145 Å². The van der Waals surface area contributed by atoms with E-state index in [1.807, 2.05) is 30.3 Å². The van der Waals surface area contributed by atoms with Crippen LogP contribution in [-0.4, -0.2) is 17.0 Å². The van der Waals surface area contributed by atoms with E-state index in [0.717, 1.165) is 5.01 Å². The number of hydrogen-bond donors (Lipinski definition) is 2. The van der Waals surface area contributed by atoms with Gasteiger partial charge in [0.1, 0.15) is 11.5 Å². The Bertz CT molecular complexity index is 813. The summed E-state index contributed by atoms with van der Waals surface area (Å²) in [5.41, 5.74) is 0.902. The fraction of sp³-hybridized carbons (Fsp3) is 0.158. The van der Waals surface area contributed by atoms with Crippen LogP contribution in [0.2, 0.25) is 0 Å². The number of carbonyl (C=O) groups is 2. The number of carbonyl (C=O) groups excluding carboxylic acids is 1. The Morgan fingerprint density at radius 1 is 0.920 bits per heavy atom. The van der Waals surface area contributed by atoms with Gasteiger partial charge in [-0.25, -0.2) is 15.6 Å². The topological polar surface area (TPSA) is 92.9 Å². The SMILES string of the molecule is NN(C(=O)C1=C(C(=O)O)CCC1)c1ccc(Oc2ccccc2)cc1. The maximum Gasteiger partial charge on any atom is 0.332 e. The molecule has 3 N–H and O–H groups in total. The predicted molar refractivity (Wildman–Crippen MR) is 93.1 cm³/mol. The fourth-order valence-corrected chi connectivity index (χ4v) is 2.78. The highest BCUT2D eigenvalue weighted by atomic mass is 16.5. The van der Waals surface area contributed by atoms with Crippen molar-refractivity contribution in [2.45, 2.75) is 19.3 Å². The summed E-state index contributed by atoms with van der Waals surface area (Å²) in [7, 11) is 0. The molecule has 25 heavy (non-hydrogen) atoms. The Morgan fingerprint density at radius 2 is 1.52 bits per heavy atom. The van der Waals surface area contributed by atoms with Crippen LogP contribution in [0.3, 0.4) is 0 Å². The van der Waals surface area contributed by atoms with E-state index in [4.69, 9.17) is 10.6 Å². The molecule has 0 saturated carbocycles. The van der Waals surface area contributed by atoms with E-state index in [0.29, 0.717) is 36.4 Å². The molecular weight excluding hydrogens is 320 g/mol. The van der Waals surface area contributed by atoms with Gasteiger partial charge in [0.15, 0.2) is 0 Å². The van der Waals surface area contributed by atoms with Crippen molar-refractivity contribution in [2.75, 3.05) is 5.01 Å². The van der Waals surface area contributed by atoms with E-state index in [-0.39, 0.29) is 11.1 Å². The molecule has 0 saturated heterocycles. The van der Waals surface area contributed by atoms with E-state index in [2.05, 4.69) is 0 Å². The molecule has 2 aromatic carbocycles. The monoisotopic (exact) mass is 338 g/mol. The Balaban J connectivity index is 1.74. The highest BCUT2D eigenvalue weighted by Gasteiger charge is 2.28. The third kappa shape index (κ3) is 3.70. The van der Waals surface area contributed by atoms with Crippen molar-refractivity contribution in [3.05, 3.63) is 65.7 Å². The van der Waals surface area contributed by atoms with Crippen molar-refractivity contribution in [3.63, 3.8) is 0 Å². The minimum atomic E-state index is -1.05. The highest BCUT2D eigenvalue weighted by Crippen LogP contribution is 2.29. The van der Waals surface area contributed by atoms with Crippen LogP contribution in [0.4, 0.5) is 5.69 Å². The van der Waals surface area contributed by atoms with Crippen LogP contribution in [-0.2, 0) is 9.59 Å². The summed E-state index contributed by atoms with van der Waals surface area (Å²) in [6.07, 6.45) is 1.48. The zero-order chi connectivity index (χ0) is 17.8. The normalized spacial score (nSPS) is 13.6. The van der Waals surface area contributed by atoms with Crippen LogP contribution in [0.5, 0.6) is 11.5 Å². The van der Waals surface area contributed by atoms with E-state index < -0.39 is 11.9 Å². The number of nitrogens with zero attached hydrogens (tertiary/aromatic N) is 1. The maximum atomic E-state index is 12.5. The Kier molecular flexibility index (Phi) is 4.81. The lowest BCUT2D eigenvalue weighted by atomic mass is 10.1. The van der Waals surface area contributed by atoms with Crippen molar-refractivity contribution >= 4 is 17.6 Å². The molecule has 0 bridgehead atoms. The smallest absolute Gasteiger partial charge is 0.332 e. The van der Waals surface area contributed by atoms with Gasteiger partial charge in [-0.3, -0.25) is 4.79 Å². The third-order valence-corrected chi connectivity index (χ3v) is 4.05. The zero-order valence-electron chi connectivity index (χ0n) is 13.5. The van der Waals surface area contributed by atoms with Gasteiger partial charge in [0.2, 0.25) is 0 Å². The van der Waals surface area contributed by atoms with Crippen LogP contribution in [0.15, 0.2) is 65.7 Å². The lowest BCUT2D eigenvalue weighted by molar-refractivity contribution is -0.133. The van der Waals surface area contributed by atoms with Gasteiger partial charge in [-0.1, -0.05) is 18.2 Å². The molecule has 0 aromatic heterocycles. The van der Waals surface area contributed by atoms with Crippen LogP contribution < -0.4 is 15.6 Å². The molecule has 0 fully saturated rings. The summed E-state index contributed by atoms with van der Waals surface area (Å²) < 4.78 is 5.69. The average Bonchev–Trinajstić information content (AvgIpc) is 3.12. The van der Waals surface area contributed by atoms with Gasteiger partial charge in [-0.15, -0.1) is 0 Å². The summed E-state index contributed by atoms with van der Waals surface area (Å²) in [6.45, 7) is 0. The Morgan fingerprint density at radius 3 is 2.16 bits per heavy atom. The predicted octanol–water partition coefficient (Wildman–Crippen LogP) is 3.25. The largest absolute Gasteiger partial charge is 0.478 e. The number of rotatable bonds is 5. The molecule has 6 heteroatoms. The van der Waals surface area contributed by atoms with Crippen molar-refractivity contribution in [1.29, 1.82) is 0 Å². The van der Waals surface area contributed by atoms with E-state index in [9.17, 15) is 14.7 Å². The molecule has 2 aromatic rings. The summed E-state index contributed by atoms with van der Waals surface area (Å²) in [6, 6.07) is 16.1. The lowest BCUT2D eigenvalue weighted by Crippen LogP contribution is -2.38. The number of anilines is 1. The van der Waals surface area contributed by atoms with Crippen molar-refractivity contribution in [2.24, 2.45) is 5.84 Å². The van der Waals surface area contributed by atoms with Gasteiger partial charge in [0.05, 0.1) is 5.69 Å². The van der Waals surface area contributed by atoms with E-state index in [1.54, 1.807) is 24.3 Å². The molecule has 6 nitrogen and oxygen atoms in total. The number of hydrazine groups is 1. The van der Waals surface area contributed by atoms with Crippen molar-refractivity contribution in [3.8, 4) is 11.5 Å². The number of nitrogens with two attached hydrogens (primary N) is 1. The lowest BCUT2D eigenvalue weighted by Gasteiger charge is -2.18. The highest BCUT2D eigenvalue weighted by molar-refractivity contribution is 6.09. The van der Waals surface area contributed by atoms with E-state index >= 15 is 0 Å². The van der Waals surface area contributed by atoms with E-state index in [1.165, 1.54) is 0 Å². The van der Waals surface area contributed by atoms with Crippen LogP contribution in [0, 0.1) is 0 Å². The summed E-state index contributed by atoms with van der Waals surface area (Å²) in [5.74, 6) is 5.68. The third-order valence-electron chi connectivity index (χ3n) is 4.05. The molecule has 128 valence electrons. The fourth-order valence-electron chi connectivity index (χ4n) is 2.78. The van der Waals surface area contributed by atoms with Gasteiger partial charge in [0.25, 0.3) is 5.91 Å². The van der Waals surface area contributed by atoms with Gasteiger partial charge < -0.3 is 9.84 Å². The van der Waals surface area contributed by atoms with Gasteiger partial charge in [-0.2, -0.15) is 0 Å². The number of amides is 1. The molecule has 3 rings (SSSR count). The minimum absolute atomic E-state index is 0.157. The number of ether oxygens (including phenoxy) is 1. The summed E-state index contributed by atoms with van der Waals surface area (Å²) >= 11 is 0. The number of aliphatic carboxylic acids is 1. The summed E-state index contributed by atoms with van der Waals surface area (Å²) in [5, 5.41) is 10.2. The average molecular weight is 338 g/mol. The number of carboxylic acids is 1. The second kappa shape index (κ2) is 7.19. The first kappa shape index (κ1) is 16.7. The van der Waals surface area contributed by atoms with Gasteiger partial charge >= 0.3 is 5.97 Å². The molecule has 1 aliphatic rings. The number of benzene rings is 2. The second-order valence-corrected chi connectivity index (χ2v) is 5.70. The quantitative estimate of drug-likeness (QED) is 0.496. The van der Waals surface area contributed by atoms with Crippen LogP contribution in [0.1, 0.15) is 19.3 Å². The van der Waals surface area contributed by atoms with Crippen LogP contribution in [0.25, 0.3) is 0 Å². The molecule has 0 atom stereocenters.